The van der Waals surface area contributed by atoms with Crippen molar-refractivity contribution in [2.24, 2.45) is 7.05 Å². The number of aliphatic carboxylic acids is 1. The van der Waals surface area contributed by atoms with Crippen LogP contribution in [0.25, 0.3) is 5.13 Å². The molecule has 0 unspecified atom stereocenters. The minimum Gasteiger partial charge on any atom is -0.475 e. The maximum absolute atomic E-state index is 10.6. The van der Waals surface area contributed by atoms with E-state index in [4.69, 9.17) is 9.90 Å². The number of hydrogen-bond acceptors (Lipinski definition) is 6. The van der Waals surface area contributed by atoms with Crippen molar-refractivity contribution in [3.05, 3.63) is 47.2 Å². The average molecular weight is 416 g/mol. The molecular formula is C16H19F3N6O2S. The number of carboxylic acids is 1. The van der Waals surface area contributed by atoms with Crippen molar-refractivity contribution in [2.45, 2.75) is 26.2 Å². The number of aryl methyl sites for hydroxylation is 1. The number of nitrogens with zero attached hydrogens (tertiary/aromatic N) is 6. The van der Waals surface area contributed by atoms with Crippen molar-refractivity contribution in [3.8, 4) is 5.13 Å². The molecule has 0 aliphatic heterocycles. The number of rotatable bonds is 5. The molecule has 8 nitrogen and oxygen atoms in total. The van der Waals surface area contributed by atoms with Gasteiger partial charge in [0.05, 0.1) is 5.69 Å². The SMILES string of the molecule is Cc1ncc(CN(C)Cc2cnc(-n3cccn3)s2)n1C.O=C(O)C(F)(F)F. The Kier molecular flexibility index (Phi) is 6.91. The number of carbonyl (C=O) groups is 1. The second-order valence-corrected chi connectivity index (χ2v) is 6.98. The lowest BCUT2D eigenvalue weighted by atomic mass is 10.4. The molecular weight excluding hydrogens is 397 g/mol. The average Bonchev–Trinajstić information content (AvgIpc) is 3.33. The molecule has 0 amide bonds. The predicted octanol–water partition coefficient (Wildman–Crippen LogP) is 2.64. The number of imidazole rings is 1. The normalized spacial score (nSPS) is 11.4. The first kappa shape index (κ1) is 21.6. The molecule has 1 N–H and O–H groups in total. The van der Waals surface area contributed by atoms with Gasteiger partial charge in [0.25, 0.3) is 0 Å². The van der Waals surface area contributed by atoms with Gasteiger partial charge in [0.15, 0.2) is 0 Å². The third-order valence-corrected chi connectivity index (χ3v) is 4.63. The van der Waals surface area contributed by atoms with Gasteiger partial charge in [-0.25, -0.2) is 19.4 Å². The largest absolute Gasteiger partial charge is 0.490 e. The number of thiazole rings is 1. The van der Waals surface area contributed by atoms with Crippen LogP contribution in [0.1, 0.15) is 16.4 Å². The van der Waals surface area contributed by atoms with E-state index in [1.807, 2.05) is 38.6 Å². The lowest BCUT2D eigenvalue weighted by Gasteiger charge is -2.15. The first-order chi connectivity index (χ1) is 13.1. The molecule has 3 aromatic rings. The van der Waals surface area contributed by atoms with Crippen LogP contribution in [0.4, 0.5) is 13.2 Å². The summed E-state index contributed by atoms with van der Waals surface area (Å²) in [6.07, 6.45) is 2.45. The van der Waals surface area contributed by atoms with Crippen LogP contribution in [-0.2, 0) is 24.9 Å². The molecule has 3 aromatic heterocycles. The van der Waals surface area contributed by atoms with Gasteiger partial charge in [0.2, 0.25) is 5.13 Å². The maximum atomic E-state index is 10.6. The fourth-order valence-electron chi connectivity index (χ4n) is 2.15. The molecule has 152 valence electrons. The van der Waals surface area contributed by atoms with Gasteiger partial charge >= 0.3 is 12.1 Å². The Hall–Kier alpha value is -2.73. The van der Waals surface area contributed by atoms with E-state index in [-0.39, 0.29) is 0 Å². The fourth-order valence-corrected chi connectivity index (χ4v) is 3.08. The summed E-state index contributed by atoms with van der Waals surface area (Å²) in [7, 11) is 4.16. The second kappa shape index (κ2) is 8.97. The van der Waals surface area contributed by atoms with Gasteiger partial charge in [-0.15, -0.1) is 0 Å². The molecule has 0 fully saturated rings. The number of carboxylic acid groups (broad SMARTS) is 1. The zero-order chi connectivity index (χ0) is 20.9. The zero-order valence-electron chi connectivity index (χ0n) is 15.4. The molecule has 3 heterocycles. The van der Waals surface area contributed by atoms with E-state index in [0.29, 0.717) is 0 Å². The Morgan fingerprint density at radius 1 is 1.29 bits per heavy atom. The molecule has 0 atom stereocenters. The highest BCUT2D eigenvalue weighted by Crippen LogP contribution is 2.18. The highest BCUT2D eigenvalue weighted by Gasteiger charge is 2.38. The predicted molar refractivity (Wildman–Crippen MR) is 96.0 cm³/mol. The van der Waals surface area contributed by atoms with E-state index in [1.54, 1.807) is 22.2 Å². The van der Waals surface area contributed by atoms with Crippen molar-refractivity contribution < 1.29 is 23.1 Å². The second-order valence-electron chi connectivity index (χ2n) is 5.89. The smallest absolute Gasteiger partial charge is 0.475 e. The Bertz CT molecular complexity index is 904. The van der Waals surface area contributed by atoms with Crippen LogP contribution in [0.15, 0.2) is 30.9 Å². The summed E-state index contributed by atoms with van der Waals surface area (Å²) in [6, 6.07) is 1.90. The van der Waals surface area contributed by atoms with Gasteiger partial charge in [-0.2, -0.15) is 18.3 Å². The van der Waals surface area contributed by atoms with Crippen LogP contribution >= 0.6 is 11.3 Å². The molecule has 0 saturated heterocycles. The summed E-state index contributed by atoms with van der Waals surface area (Å²) in [6.45, 7) is 3.75. The van der Waals surface area contributed by atoms with Crippen LogP contribution in [0.5, 0.6) is 0 Å². The lowest BCUT2D eigenvalue weighted by Crippen LogP contribution is -2.21. The van der Waals surface area contributed by atoms with E-state index in [1.165, 1.54) is 10.6 Å². The maximum Gasteiger partial charge on any atom is 0.490 e. The minimum atomic E-state index is -5.08. The van der Waals surface area contributed by atoms with Gasteiger partial charge in [-0.1, -0.05) is 11.3 Å². The summed E-state index contributed by atoms with van der Waals surface area (Å²) in [5.74, 6) is -1.72. The van der Waals surface area contributed by atoms with E-state index in [0.717, 1.165) is 24.0 Å². The molecule has 3 rings (SSSR count). The summed E-state index contributed by atoms with van der Waals surface area (Å²) >= 11 is 1.66. The summed E-state index contributed by atoms with van der Waals surface area (Å²) in [4.78, 5) is 21.1. The lowest BCUT2D eigenvalue weighted by molar-refractivity contribution is -0.192. The van der Waals surface area contributed by atoms with E-state index in [2.05, 4.69) is 31.6 Å². The first-order valence-electron chi connectivity index (χ1n) is 7.98. The van der Waals surface area contributed by atoms with Crippen molar-refractivity contribution in [1.29, 1.82) is 0 Å². The quantitative estimate of drug-likeness (QED) is 0.688. The van der Waals surface area contributed by atoms with E-state index < -0.39 is 12.1 Å². The van der Waals surface area contributed by atoms with Crippen LogP contribution in [0.2, 0.25) is 0 Å². The number of aromatic nitrogens is 5. The monoisotopic (exact) mass is 416 g/mol. The van der Waals surface area contributed by atoms with Gasteiger partial charge in [0, 0.05) is 49.8 Å². The van der Waals surface area contributed by atoms with Crippen LogP contribution in [0, 0.1) is 6.92 Å². The molecule has 0 saturated carbocycles. The fraction of sp³-hybridized carbons (Fsp3) is 0.375. The highest BCUT2D eigenvalue weighted by molar-refractivity contribution is 7.14. The number of hydrogen-bond donors (Lipinski definition) is 1. The van der Waals surface area contributed by atoms with Gasteiger partial charge in [0.1, 0.15) is 5.82 Å². The number of alkyl halides is 3. The third-order valence-electron chi connectivity index (χ3n) is 3.66. The molecule has 0 aromatic carbocycles. The molecule has 28 heavy (non-hydrogen) atoms. The van der Waals surface area contributed by atoms with Crippen LogP contribution < -0.4 is 0 Å². The summed E-state index contributed by atoms with van der Waals surface area (Å²) in [5, 5.41) is 12.2. The van der Waals surface area contributed by atoms with E-state index in [9.17, 15) is 13.2 Å². The Balaban J connectivity index is 0.000000345. The molecule has 0 aliphatic carbocycles. The molecule has 12 heteroatoms. The van der Waals surface area contributed by atoms with Crippen molar-refractivity contribution in [2.75, 3.05) is 7.05 Å². The Labute approximate surface area is 162 Å². The highest BCUT2D eigenvalue weighted by atomic mass is 32.1. The standard InChI is InChI=1S/C14H18N6S.C2HF3O2/c1-11-15-7-12(19(11)3)9-18(2)10-13-8-16-14(21-13)20-6-4-5-17-20;3-2(4,5)1(6)7/h4-8H,9-10H2,1-3H3;(H,6,7). The topological polar surface area (TPSA) is 89.1 Å². The zero-order valence-corrected chi connectivity index (χ0v) is 16.2. The molecule has 0 spiro atoms. The van der Waals surface area contributed by atoms with E-state index >= 15 is 0 Å². The van der Waals surface area contributed by atoms with Crippen molar-refractivity contribution in [3.63, 3.8) is 0 Å². The molecule has 0 radical (unpaired) electrons. The van der Waals surface area contributed by atoms with Gasteiger partial charge in [-0.05, 0) is 20.0 Å². The van der Waals surface area contributed by atoms with Gasteiger partial charge in [-0.3, -0.25) is 4.90 Å². The summed E-state index contributed by atoms with van der Waals surface area (Å²) in [5.41, 5.74) is 1.21. The number of halogens is 3. The Morgan fingerprint density at radius 3 is 2.46 bits per heavy atom. The first-order valence-corrected chi connectivity index (χ1v) is 8.80. The summed E-state index contributed by atoms with van der Waals surface area (Å²) < 4.78 is 35.6. The van der Waals surface area contributed by atoms with Crippen molar-refractivity contribution in [1.82, 2.24) is 29.2 Å². The van der Waals surface area contributed by atoms with Crippen molar-refractivity contribution >= 4 is 17.3 Å². The molecule has 0 bridgehead atoms. The van der Waals surface area contributed by atoms with Gasteiger partial charge < -0.3 is 9.67 Å². The van der Waals surface area contributed by atoms with Crippen LogP contribution in [-0.4, -0.2) is 53.5 Å². The minimum absolute atomic E-state index is 0.864. The third kappa shape index (κ3) is 5.89. The Morgan fingerprint density at radius 2 is 1.96 bits per heavy atom. The molecule has 0 aliphatic rings. The van der Waals surface area contributed by atoms with Crippen LogP contribution in [0.3, 0.4) is 0 Å².